The second-order valence-corrected chi connectivity index (χ2v) is 7.45. The molecule has 1 aliphatic heterocycles. The van der Waals surface area contributed by atoms with Crippen molar-refractivity contribution in [1.82, 2.24) is 20.2 Å². The van der Waals surface area contributed by atoms with Crippen molar-refractivity contribution in [3.05, 3.63) is 72.8 Å². The minimum Gasteiger partial charge on any atom is -0.433 e. The van der Waals surface area contributed by atoms with E-state index in [-0.39, 0.29) is 11.8 Å². The second-order valence-electron chi connectivity index (χ2n) is 7.45. The number of aromatic nitrogens is 2. The molecule has 2 heterocycles. The predicted molar refractivity (Wildman–Crippen MR) is 121 cm³/mol. The first-order valence-corrected chi connectivity index (χ1v) is 10.5. The SMILES string of the molecule is CN=C(NCc1ccccc1-n1ccnc1)NC1CCN(c2ccccc2OC(F)F)C1. The van der Waals surface area contributed by atoms with Crippen LogP contribution in [-0.2, 0) is 6.54 Å². The Morgan fingerprint density at radius 3 is 2.72 bits per heavy atom. The zero-order valence-electron chi connectivity index (χ0n) is 17.8. The van der Waals surface area contributed by atoms with E-state index < -0.39 is 6.61 Å². The molecule has 9 heteroatoms. The van der Waals surface area contributed by atoms with E-state index in [0.717, 1.165) is 24.2 Å². The number of benzene rings is 2. The molecule has 168 valence electrons. The maximum atomic E-state index is 12.7. The van der Waals surface area contributed by atoms with Gasteiger partial charge < -0.3 is 24.8 Å². The number of imidazole rings is 1. The van der Waals surface area contributed by atoms with E-state index in [2.05, 4.69) is 36.3 Å². The van der Waals surface area contributed by atoms with Crippen LogP contribution in [-0.4, -0.2) is 48.3 Å². The molecule has 1 atom stereocenters. The Labute approximate surface area is 185 Å². The fourth-order valence-electron chi connectivity index (χ4n) is 3.89. The molecule has 2 N–H and O–H groups in total. The topological polar surface area (TPSA) is 66.7 Å². The normalized spacial score (nSPS) is 16.4. The van der Waals surface area contributed by atoms with Crippen molar-refractivity contribution in [3.8, 4) is 11.4 Å². The lowest BCUT2D eigenvalue weighted by atomic mass is 10.1. The molecule has 2 aromatic carbocycles. The molecule has 1 saturated heterocycles. The molecule has 1 aliphatic rings. The number of nitrogens with zero attached hydrogens (tertiary/aromatic N) is 4. The third kappa shape index (κ3) is 5.16. The number of halogens is 2. The molecule has 0 aliphatic carbocycles. The number of para-hydroxylation sites is 3. The van der Waals surface area contributed by atoms with Crippen LogP contribution in [0, 0.1) is 0 Å². The van der Waals surface area contributed by atoms with Crippen LogP contribution in [0.5, 0.6) is 5.75 Å². The largest absolute Gasteiger partial charge is 0.433 e. The average Bonchev–Trinajstić information content (AvgIpc) is 3.49. The van der Waals surface area contributed by atoms with E-state index in [1.807, 2.05) is 35.0 Å². The molecule has 1 aromatic heterocycles. The van der Waals surface area contributed by atoms with Crippen molar-refractivity contribution in [1.29, 1.82) is 0 Å². The van der Waals surface area contributed by atoms with E-state index >= 15 is 0 Å². The summed E-state index contributed by atoms with van der Waals surface area (Å²) in [4.78, 5) is 10.5. The Kier molecular flexibility index (Phi) is 6.84. The Morgan fingerprint density at radius 1 is 1.19 bits per heavy atom. The van der Waals surface area contributed by atoms with E-state index in [1.165, 1.54) is 0 Å². The first-order chi connectivity index (χ1) is 15.6. The highest BCUT2D eigenvalue weighted by molar-refractivity contribution is 5.80. The van der Waals surface area contributed by atoms with Crippen molar-refractivity contribution in [3.63, 3.8) is 0 Å². The molecular weight excluding hydrogens is 414 g/mol. The molecule has 1 unspecified atom stereocenters. The molecule has 32 heavy (non-hydrogen) atoms. The molecule has 7 nitrogen and oxygen atoms in total. The number of alkyl halides is 2. The third-order valence-corrected chi connectivity index (χ3v) is 5.40. The molecule has 4 rings (SSSR count). The fourth-order valence-corrected chi connectivity index (χ4v) is 3.89. The minimum absolute atomic E-state index is 0.129. The number of anilines is 1. The van der Waals surface area contributed by atoms with Crippen LogP contribution in [0.4, 0.5) is 14.5 Å². The van der Waals surface area contributed by atoms with Gasteiger partial charge in [-0.25, -0.2) is 4.98 Å². The van der Waals surface area contributed by atoms with Gasteiger partial charge in [0.2, 0.25) is 0 Å². The smallest absolute Gasteiger partial charge is 0.387 e. The molecule has 0 saturated carbocycles. The average molecular weight is 440 g/mol. The van der Waals surface area contributed by atoms with Crippen LogP contribution in [0.25, 0.3) is 5.69 Å². The van der Waals surface area contributed by atoms with Crippen LogP contribution in [0.15, 0.2) is 72.2 Å². The monoisotopic (exact) mass is 440 g/mol. The zero-order valence-corrected chi connectivity index (χ0v) is 17.8. The summed E-state index contributed by atoms with van der Waals surface area (Å²) in [5.41, 5.74) is 2.84. The fraction of sp³-hybridized carbons (Fsp3) is 0.304. The molecule has 3 aromatic rings. The van der Waals surface area contributed by atoms with Crippen LogP contribution < -0.4 is 20.3 Å². The van der Waals surface area contributed by atoms with Gasteiger partial charge >= 0.3 is 6.61 Å². The van der Waals surface area contributed by atoms with Gasteiger partial charge in [-0.2, -0.15) is 8.78 Å². The van der Waals surface area contributed by atoms with E-state index in [9.17, 15) is 8.78 Å². The van der Waals surface area contributed by atoms with Gasteiger partial charge in [0.25, 0.3) is 0 Å². The lowest BCUT2D eigenvalue weighted by Crippen LogP contribution is -2.44. The Hall–Kier alpha value is -3.62. The van der Waals surface area contributed by atoms with E-state index in [1.54, 1.807) is 37.8 Å². The molecule has 0 bridgehead atoms. The van der Waals surface area contributed by atoms with Gasteiger partial charge in [0.15, 0.2) is 5.96 Å². The maximum Gasteiger partial charge on any atom is 0.387 e. The Morgan fingerprint density at radius 2 is 1.97 bits per heavy atom. The first kappa shape index (κ1) is 21.6. The summed E-state index contributed by atoms with van der Waals surface area (Å²) < 4.78 is 32.1. The van der Waals surface area contributed by atoms with Gasteiger partial charge in [0.1, 0.15) is 5.75 Å². The number of rotatable bonds is 7. The maximum absolute atomic E-state index is 12.7. The minimum atomic E-state index is -2.85. The van der Waals surface area contributed by atoms with Gasteiger partial charge in [-0.1, -0.05) is 30.3 Å². The van der Waals surface area contributed by atoms with E-state index in [0.29, 0.717) is 24.7 Å². The van der Waals surface area contributed by atoms with Gasteiger partial charge in [-0.15, -0.1) is 0 Å². The van der Waals surface area contributed by atoms with Gasteiger partial charge in [-0.3, -0.25) is 4.99 Å². The van der Waals surface area contributed by atoms with Crippen LogP contribution >= 0.6 is 0 Å². The van der Waals surface area contributed by atoms with Crippen molar-refractivity contribution >= 4 is 11.6 Å². The van der Waals surface area contributed by atoms with E-state index in [4.69, 9.17) is 0 Å². The second kappa shape index (κ2) is 10.1. The highest BCUT2D eigenvalue weighted by atomic mass is 19.3. The number of aliphatic imine (C=N–C) groups is 1. The van der Waals surface area contributed by atoms with Crippen molar-refractivity contribution in [2.24, 2.45) is 4.99 Å². The summed E-state index contributed by atoms with van der Waals surface area (Å²) in [5.74, 6) is 0.885. The van der Waals surface area contributed by atoms with Gasteiger partial charge in [0, 0.05) is 45.1 Å². The summed E-state index contributed by atoms with van der Waals surface area (Å²) in [6.07, 6.45) is 6.29. The highest BCUT2D eigenvalue weighted by Gasteiger charge is 2.26. The number of guanidine groups is 1. The van der Waals surface area contributed by atoms with Crippen LogP contribution in [0.2, 0.25) is 0 Å². The van der Waals surface area contributed by atoms with Crippen molar-refractivity contribution in [2.45, 2.75) is 25.6 Å². The predicted octanol–water partition coefficient (Wildman–Crippen LogP) is 3.42. The number of hydrogen-bond donors (Lipinski definition) is 2. The van der Waals surface area contributed by atoms with Crippen LogP contribution in [0.1, 0.15) is 12.0 Å². The number of hydrogen-bond acceptors (Lipinski definition) is 4. The molecule has 0 spiro atoms. The van der Waals surface area contributed by atoms with Crippen molar-refractivity contribution < 1.29 is 13.5 Å². The first-order valence-electron chi connectivity index (χ1n) is 10.5. The molecular formula is C23H26F2N6O. The third-order valence-electron chi connectivity index (χ3n) is 5.40. The van der Waals surface area contributed by atoms with Crippen LogP contribution in [0.3, 0.4) is 0 Å². The Balaban J connectivity index is 1.36. The molecule has 1 fully saturated rings. The highest BCUT2D eigenvalue weighted by Crippen LogP contribution is 2.31. The Bertz CT molecular complexity index is 1040. The summed E-state index contributed by atoms with van der Waals surface area (Å²) in [5, 5.41) is 6.81. The lowest BCUT2D eigenvalue weighted by Gasteiger charge is -2.22. The number of nitrogens with one attached hydrogen (secondary N) is 2. The van der Waals surface area contributed by atoms with Crippen molar-refractivity contribution in [2.75, 3.05) is 25.0 Å². The van der Waals surface area contributed by atoms with Gasteiger partial charge in [-0.05, 0) is 30.2 Å². The lowest BCUT2D eigenvalue weighted by molar-refractivity contribution is -0.0495. The zero-order chi connectivity index (χ0) is 22.3. The number of ether oxygens (including phenoxy) is 1. The quantitative estimate of drug-likeness (QED) is 0.435. The molecule has 0 amide bonds. The summed E-state index contributed by atoms with van der Waals surface area (Å²) in [6.45, 7) is -0.853. The summed E-state index contributed by atoms with van der Waals surface area (Å²) in [7, 11) is 1.73. The van der Waals surface area contributed by atoms with Gasteiger partial charge in [0.05, 0.1) is 17.7 Å². The molecule has 0 radical (unpaired) electrons. The summed E-state index contributed by atoms with van der Waals surface area (Å²) in [6, 6.07) is 15.1. The summed E-state index contributed by atoms with van der Waals surface area (Å²) >= 11 is 0. The standard InChI is InChI=1S/C23H26F2N6O/c1-26-23(28-14-17-6-2-3-7-19(17)31-13-11-27-16-31)29-18-10-12-30(15-18)20-8-4-5-9-21(20)32-22(24)25/h2-9,11,13,16,18,22H,10,12,14-15H2,1H3,(H2,26,28,29).